The summed E-state index contributed by atoms with van der Waals surface area (Å²) < 4.78 is 40.5. The van der Waals surface area contributed by atoms with Gasteiger partial charge in [0.05, 0.1) is 11.1 Å². The van der Waals surface area contributed by atoms with Crippen LogP contribution in [0.4, 0.5) is 30.6 Å². The van der Waals surface area contributed by atoms with Gasteiger partial charge in [0, 0.05) is 23.3 Å². The molecule has 28 heavy (non-hydrogen) atoms. The van der Waals surface area contributed by atoms with Crippen LogP contribution in [-0.2, 0) is 6.18 Å². The minimum Gasteiger partial charge on any atom is -0.364 e. The summed E-state index contributed by atoms with van der Waals surface area (Å²) in [6.45, 7) is 0. The van der Waals surface area contributed by atoms with Gasteiger partial charge >= 0.3 is 17.8 Å². The molecule has 3 aromatic heterocycles. The molecule has 3 heterocycles. The predicted molar refractivity (Wildman–Crippen MR) is 97.1 cm³/mol. The zero-order chi connectivity index (χ0) is 19.3. The number of rotatable bonds is 4. The van der Waals surface area contributed by atoms with Crippen LogP contribution in [0.5, 0.6) is 0 Å². The number of fused-ring (bicyclic) bond motifs is 2. The summed E-state index contributed by atoms with van der Waals surface area (Å²) in [6.07, 6.45) is 0.572. The highest BCUT2D eigenvalue weighted by molar-refractivity contribution is 5.87. The number of hydrogen-bond donors (Lipinski definition) is 3. The highest BCUT2D eigenvalue weighted by Crippen LogP contribution is 2.36. The minimum atomic E-state index is -4.53. The number of aromatic amines is 2. The normalized spacial score (nSPS) is 14.5. The third-order valence-electron chi connectivity index (χ3n) is 4.52. The van der Waals surface area contributed by atoms with E-state index in [1.54, 1.807) is 24.5 Å². The van der Waals surface area contributed by atoms with Gasteiger partial charge in [0.15, 0.2) is 12.1 Å². The first-order valence-electron chi connectivity index (χ1n) is 8.74. The lowest BCUT2D eigenvalue weighted by molar-refractivity contribution is -0.347. The van der Waals surface area contributed by atoms with Crippen LogP contribution in [0, 0.1) is 0 Å². The van der Waals surface area contributed by atoms with Crippen LogP contribution in [0.3, 0.4) is 0 Å². The van der Waals surface area contributed by atoms with Gasteiger partial charge in [-0.2, -0.15) is 18.2 Å². The first-order valence-corrected chi connectivity index (χ1v) is 8.74. The average molecular weight is 386 g/mol. The van der Waals surface area contributed by atoms with E-state index in [4.69, 9.17) is 0 Å². The number of pyridine rings is 1. The van der Waals surface area contributed by atoms with Crippen LogP contribution in [0.2, 0.25) is 0 Å². The molecule has 0 bridgehead atoms. The van der Waals surface area contributed by atoms with Crippen molar-refractivity contribution in [3.63, 3.8) is 0 Å². The minimum absolute atomic E-state index is 0.0908. The maximum absolute atomic E-state index is 13.5. The molecule has 0 radical (unpaired) electrons. The van der Waals surface area contributed by atoms with E-state index in [0.29, 0.717) is 22.9 Å². The largest absolute Gasteiger partial charge is 0.418 e. The summed E-state index contributed by atoms with van der Waals surface area (Å²) in [7, 11) is 0. The number of aromatic nitrogens is 5. The fourth-order valence-corrected chi connectivity index (χ4v) is 3.07. The van der Waals surface area contributed by atoms with Crippen molar-refractivity contribution in [3.05, 3.63) is 42.4 Å². The van der Waals surface area contributed by atoms with E-state index < -0.39 is 11.7 Å². The molecule has 1 fully saturated rings. The second kappa shape index (κ2) is 6.04. The molecule has 0 aliphatic heterocycles. The maximum atomic E-state index is 13.5. The van der Waals surface area contributed by atoms with Gasteiger partial charge in [-0.15, -0.1) is 0 Å². The van der Waals surface area contributed by atoms with Gasteiger partial charge in [0.2, 0.25) is 5.52 Å². The topological polar surface area (TPSA) is 92.7 Å². The number of benzene rings is 1. The number of nitrogens with zero attached hydrogens (tertiary/aromatic N) is 3. The van der Waals surface area contributed by atoms with Gasteiger partial charge in [-0.05, 0) is 31.0 Å². The van der Waals surface area contributed by atoms with E-state index in [2.05, 4.69) is 35.6 Å². The Morgan fingerprint density at radius 2 is 2.04 bits per heavy atom. The Morgan fingerprint density at radius 1 is 1.18 bits per heavy atom. The van der Waals surface area contributed by atoms with Crippen LogP contribution < -0.4 is 15.6 Å². The number of halogens is 3. The molecule has 0 saturated heterocycles. The number of alkyl halides is 3. The maximum Gasteiger partial charge on any atom is 0.418 e. The predicted octanol–water partition coefficient (Wildman–Crippen LogP) is 3.66. The number of nitrogens with one attached hydrogen (secondary N) is 4. The van der Waals surface area contributed by atoms with Gasteiger partial charge in [-0.3, -0.25) is 9.97 Å². The molecule has 0 unspecified atom stereocenters. The van der Waals surface area contributed by atoms with Gasteiger partial charge in [-0.1, -0.05) is 11.1 Å². The van der Waals surface area contributed by atoms with Crippen LogP contribution in [0.15, 0.2) is 36.8 Å². The van der Waals surface area contributed by atoms with Crippen molar-refractivity contribution < 1.29 is 18.2 Å². The third-order valence-corrected chi connectivity index (χ3v) is 4.52. The first-order chi connectivity index (χ1) is 13.5. The van der Waals surface area contributed by atoms with Gasteiger partial charge in [-0.25, -0.2) is 4.98 Å². The fraction of sp³-hybridized carbons (Fsp3) is 0.222. The molecule has 1 aliphatic rings. The third kappa shape index (κ3) is 3.06. The molecule has 0 atom stereocenters. The Bertz CT molecular complexity index is 1180. The van der Waals surface area contributed by atoms with Crippen LogP contribution in [0.25, 0.3) is 22.1 Å². The zero-order valence-corrected chi connectivity index (χ0v) is 14.4. The SMILES string of the molecule is FC(F)(F)c1cc(Nc2nc(NC3CC3)c3[nH]c[nH+]c3n2)cc2cccnc12. The molecule has 7 nitrogen and oxygen atoms in total. The van der Waals surface area contributed by atoms with Gasteiger partial charge in [0.1, 0.15) is 0 Å². The number of imidazole rings is 1. The molecular formula is C18H15F3N7+. The smallest absolute Gasteiger partial charge is 0.364 e. The molecule has 0 spiro atoms. The first kappa shape index (κ1) is 16.7. The summed E-state index contributed by atoms with van der Waals surface area (Å²) in [5.41, 5.74) is 0.612. The molecule has 0 amide bonds. The lowest BCUT2D eigenvalue weighted by Gasteiger charge is -2.12. The van der Waals surface area contributed by atoms with Crippen molar-refractivity contribution in [1.29, 1.82) is 0 Å². The summed E-state index contributed by atoms with van der Waals surface area (Å²) >= 11 is 0. The van der Waals surface area contributed by atoms with Crippen molar-refractivity contribution in [2.24, 2.45) is 0 Å². The lowest BCUT2D eigenvalue weighted by Crippen LogP contribution is -2.10. The second-order valence-corrected chi connectivity index (χ2v) is 6.69. The molecular weight excluding hydrogens is 371 g/mol. The number of anilines is 3. The molecule has 142 valence electrons. The van der Waals surface area contributed by atoms with Crippen LogP contribution >= 0.6 is 0 Å². The van der Waals surface area contributed by atoms with Crippen molar-refractivity contribution in [2.45, 2.75) is 25.1 Å². The summed E-state index contributed by atoms with van der Waals surface area (Å²) in [6, 6.07) is 6.17. The molecule has 1 aliphatic carbocycles. The Hall–Kier alpha value is -3.43. The van der Waals surface area contributed by atoms with Crippen molar-refractivity contribution in [2.75, 3.05) is 10.6 Å². The summed E-state index contributed by atoms with van der Waals surface area (Å²) in [5, 5.41) is 6.58. The Morgan fingerprint density at radius 3 is 2.82 bits per heavy atom. The summed E-state index contributed by atoms with van der Waals surface area (Å²) in [5.74, 6) is 0.803. The van der Waals surface area contributed by atoms with E-state index in [-0.39, 0.29) is 17.2 Å². The Labute approximate surface area is 156 Å². The van der Waals surface area contributed by atoms with Gasteiger partial charge < -0.3 is 10.6 Å². The van der Waals surface area contributed by atoms with Crippen molar-refractivity contribution in [1.82, 2.24) is 19.9 Å². The molecule has 1 aromatic carbocycles. The molecule has 4 N–H and O–H groups in total. The average Bonchev–Trinajstić information content (AvgIpc) is 3.34. The van der Waals surface area contributed by atoms with E-state index in [1.165, 1.54) is 6.20 Å². The van der Waals surface area contributed by atoms with E-state index in [1.807, 2.05) is 0 Å². The number of hydrogen-bond acceptors (Lipinski definition) is 5. The molecule has 4 aromatic rings. The van der Waals surface area contributed by atoms with E-state index >= 15 is 0 Å². The highest BCUT2D eigenvalue weighted by Gasteiger charge is 2.34. The molecule has 5 rings (SSSR count). The fourth-order valence-electron chi connectivity index (χ4n) is 3.07. The Kier molecular flexibility index (Phi) is 3.61. The van der Waals surface area contributed by atoms with Crippen molar-refractivity contribution in [3.8, 4) is 0 Å². The monoisotopic (exact) mass is 386 g/mol. The molecule has 1 saturated carbocycles. The van der Waals surface area contributed by atoms with Gasteiger partial charge in [0.25, 0.3) is 0 Å². The van der Waals surface area contributed by atoms with Crippen LogP contribution in [-0.4, -0.2) is 26.0 Å². The second-order valence-electron chi connectivity index (χ2n) is 6.69. The highest BCUT2D eigenvalue weighted by atomic mass is 19.4. The molecule has 10 heteroatoms. The standard InChI is InChI=1S/C18H14F3N7/c19-18(20,21)12-7-11(6-9-2-1-5-22-13(9)12)26-17-27-15-14(23-8-24-15)16(28-17)25-10-3-4-10/h1-2,5-8,10H,3-4H2,(H3,23,24,25,26,27,28)/p+1. The lowest BCUT2D eigenvalue weighted by atomic mass is 10.1. The van der Waals surface area contributed by atoms with Crippen LogP contribution in [0.1, 0.15) is 18.4 Å². The van der Waals surface area contributed by atoms with E-state index in [0.717, 1.165) is 24.4 Å². The van der Waals surface area contributed by atoms with E-state index in [9.17, 15) is 13.2 Å². The van der Waals surface area contributed by atoms with Crippen molar-refractivity contribution >= 4 is 39.5 Å². The number of H-pyrrole nitrogens is 2. The zero-order valence-electron chi connectivity index (χ0n) is 14.4. The quantitative estimate of drug-likeness (QED) is 0.498. The summed E-state index contributed by atoms with van der Waals surface area (Å²) in [4.78, 5) is 18.7. The Balaban J connectivity index is 1.58.